The minimum Gasteiger partial charge on any atom is -0.478 e. The number of carboxylic acids is 2. The monoisotopic (exact) mass is 353 g/mol. The summed E-state index contributed by atoms with van der Waals surface area (Å²) in [6.45, 7) is 0. The second kappa shape index (κ2) is 8.73. The van der Waals surface area contributed by atoms with Crippen molar-refractivity contribution in [3.8, 4) is 0 Å². The van der Waals surface area contributed by atoms with Crippen LogP contribution in [0.5, 0.6) is 0 Å². The molecule has 0 fully saturated rings. The van der Waals surface area contributed by atoms with Crippen molar-refractivity contribution in [2.24, 2.45) is 21.0 Å². The summed E-state index contributed by atoms with van der Waals surface area (Å²) in [7, 11) is 0. The lowest BCUT2D eigenvalue weighted by atomic mass is 10.1. The van der Waals surface area contributed by atoms with Crippen molar-refractivity contribution in [3.05, 3.63) is 70.8 Å². The zero-order chi connectivity index (χ0) is 18.9. The van der Waals surface area contributed by atoms with Crippen molar-refractivity contribution in [1.82, 2.24) is 5.43 Å². The molecule has 0 amide bonds. The number of carbonyl (C=O) groups is 2. The van der Waals surface area contributed by atoms with Gasteiger partial charge in [0.15, 0.2) is 0 Å². The highest BCUT2D eigenvalue weighted by molar-refractivity contribution is 5.92. The molecule has 0 atom stereocenters. The van der Waals surface area contributed by atoms with Gasteiger partial charge in [0.2, 0.25) is 5.96 Å². The quantitative estimate of drug-likeness (QED) is 0.350. The average molecular weight is 353 g/mol. The van der Waals surface area contributed by atoms with E-state index in [1.165, 1.54) is 36.7 Å². The first kappa shape index (κ1) is 18.3. The fraction of sp³-hybridized carbons (Fsp3) is 0. The highest BCUT2D eigenvalue weighted by Gasteiger charge is 2.02. The molecule has 0 aliphatic carbocycles. The van der Waals surface area contributed by atoms with Gasteiger partial charge in [0.05, 0.1) is 23.6 Å². The minimum atomic E-state index is -1.04. The molecule has 0 radical (unpaired) electrons. The van der Waals surface area contributed by atoms with Gasteiger partial charge in [-0.2, -0.15) is 10.2 Å². The number of hydrazone groups is 1. The number of nitrogens with two attached hydrogens (primary N) is 1. The van der Waals surface area contributed by atoms with Gasteiger partial charge in [-0.05, 0) is 35.4 Å². The van der Waals surface area contributed by atoms with Crippen LogP contribution in [0.25, 0.3) is 0 Å². The fourth-order valence-corrected chi connectivity index (χ4v) is 1.86. The topological polar surface area (TPSA) is 150 Å². The van der Waals surface area contributed by atoms with Crippen molar-refractivity contribution in [2.45, 2.75) is 0 Å². The molecule has 26 heavy (non-hydrogen) atoms. The number of rotatable bonds is 6. The third-order valence-corrected chi connectivity index (χ3v) is 3.03. The number of hydrogen-bond acceptors (Lipinski definition) is 5. The first-order valence-corrected chi connectivity index (χ1v) is 7.28. The number of aromatic carboxylic acids is 2. The molecule has 0 saturated carbocycles. The zero-order valence-electron chi connectivity index (χ0n) is 13.4. The Balaban J connectivity index is 1.96. The van der Waals surface area contributed by atoms with Gasteiger partial charge in [-0.15, -0.1) is 5.10 Å². The average Bonchev–Trinajstić information content (AvgIpc) is 2.62. The molecule has 0 heterocycles. The summed E-state index contributed by atoms with van der Waals surface area (Å²) >= 11 is 0. The second-order valence-electron chi connectivity index (χ2n) is 4.96. The fourth-order valence-electron chi connectivity index (χ4n) is 1.86. The largest absolute Gasteiger partial charge is 0.478 e. The lowest BCUT2D eigenvalue weighted by molar-refractivity contribution is 0.0686. The Morgan fingerprint density at radius 1 is 0.923 bits per heavy atom. The highest BCUT2D eigenvalue weighted by atomic mass is 16.4. The minimum absolute atomic E-state index is 0.0960. The van der Waals surface area contributed by atoms with Gasteiger partial charge in [0, 0.05) is 0 Å². The van der Waals surface area contributed by atoms with Crippen LogP contribution >= 0.6 is 0 Å². The third kappa shape index (κ3) is 5.57. The number of carboxylic acid groups (broad SMARTS) is 2. The first-order valence-electron chi connectivity index (χ1n) is 7.28. The normalized spacial score (nSPS) is 11.8. The van der Waals surface area contributed by atoms with E-state index in [4.69, 9.17) is 15.9 Å². The van der Waals surface area contributed by atoms with E-state index in [1.807, 2.05) is 0 Å². The third-order valence-electron chi connectivity index (χ3n) is 3.03. The molecule has 0 spiro atoms. The molecule has 0 aliphatic rings. The Labute approximate surface area is 148 Å². The van der Waals surface area contributed by atoms with Crippen LogP contribution in [-0.4, -0.2) is 40.5 Å². The van der Waals surface area contributed by atoms with E-state index >= 15 is 0 Å². The predicted molar refractivity (Wildman–Crippen MR) is 96.7 cm³/mol. The van der Waals surface area contributed by atoms with Gasteiger partial charge in [-0.3, -0.25) is 0 Å². The predicted octanol–water partition coefficient (Wildman–Crippen LogP) is 1.36. The molecule has 2 aromatic carbocycles. The van der Waals surface area contributed by atoms with Crippen LogP contribution in [0.2, 0.25) is 0 Å². The van der Waals surface area contributed by atoms with E-state index in [-0.39, 0.29) is 17.1 Å². The van der Waals surface area contributed by atoms with E-state index < -0.39 is 11.9 Å². The van der Waals surface area contributed by atoms with E-state index in [2.05, 4.69) is 20.7 Å². The summed E-state index contributed by atoms with van der Waals surface area (Å²) < 4.78 is 0. The van der Waals surface area contributed by atoms with Gasteiger partial charge < -0.3 is 15.9 Å². The molecule has 0 bridgehead atoms. The molecule has 2 aromatic rings. The van der Waals surface area contributed by atoms with Crippen molar-refractivity contribution >= 4 is 30.3 Å². The maximum atomic E-state index is 10.9. The van der Waals surface area contributed by atoms with Crippen molar-refractivity contribution in [2.75, 3.05) is 0 Å². The smallest absolute Gasteiger partial charge is 0.335 e. The Bertz CT molecular complexity index is 906. The van der Waals surface area contributed by atoms with Crippen LogP contribution in [0.3, 0.4) is 0 Å². The van der Waals surface area contributed by atoms with Gasteiger partial charge in [-0.1, -0.05) is 24.3 Å². The summed E-state index contributed by atoms with van der Waals surface area (Å²) in [6.07, 6.45) is 2.73. The molecule has 0 unspecified atom stereocenters. The maximum Gasteiger partial charge on any atom is 0.335 e. The maximum absolute atomic E-state index is 10.9. The molecule has 9 nitrogen and oxygen atoms in total. The number of guanidine groups is 1. The SMILES string of the molecule is NC(=NN=Cc1cccc(C(=O)O)c1)NN=Cc1cccc(C(=O)O)c1. The molecule has 5 N–H and O–H groups in total. The van der Waals surface area contributed by atoms with Crippen LogP contribution in [0.15, 0.2) is 63.8 Å². The molecule has 9 heteroatoms. The van der Waals surface area contributed by atoms with Crippen LogP contribution in [0, 0.1) is 0 Å². The lowest BCUT2D eigenvalue weighted by Crippen LogP contribution is -2.26. The Morgan fingerprint density at radius 3 is 2.00 bits per heavy atom. The van der Waals surface area contributed by atoms with Crippen LogP contribution in [-0.2, 0) is 0 Å². The van der Waals surface area contributed by atoms with Gasteiger partial charge in [0.1, 0.15) is 0 Å². The lowest BCUT2D eigenvalue weighted by Gasteiger charge is -1.98. The Hall–Kier alpha value is -4.01. The zero-order valence-corrected chi connectivity index (χ0v) is 13.4. The molecule has 2 rings (SSSR count). The van der Waals surface area contributed by atoms with Gasteiger partial charge in [0.25, 0.3) is 0 Å². The van der Waals surface area contributed by atoms with Crippen molar-refractivity contribution < 1.29 is 19.8 Å². The first-order chi connectivity index (χ1) is 12.5. The number of hydrogen-bond donors (Lipinski definition) is 4. The van der Waals surface area contributed by atoms with Gasteiger partial charge in [-0.25, -0.2) is 15.0 Å². The number of benzene rings is 2. The molecule has 0 saturated heterocycles. The Morgan fingerprint density at radius 2 is 1.46 bits per heavy atom. The summed E-state index contributed by atoms with van der Waals surface area (Å²) in [5.74, 6) is -2.16. The van der Waals surface area contributed by atoms with Crippen molar-refractivity contribution in [3.63, 3.8) is 0 Å². The second-order valence-corrected chi connectivity index (χ2v) is 4.96. The summed E-state index contributed by atoms with van der Waals surface area (Å²) in [5.41, 5.74) is 9.42. The molecule has 132 valence electrons. The van der Waals surface area contributed by atoms with Crippen LogP contribution in [0.4, 0.5) is 0 Å². The number of nitrogens with one attached hydrogen (secondary N) is 1. The molecular weight excluding hydrogens is 338 g/mol. The molecular formula is C17H15N5O4. The van der Waals surface area contributed by atoms with Crippen LogP contribution in [0.1, 0.15) is 31.8 Å². The molecule has 0 aliphatic heterocycles. The van der Waals surface area contributed by atoms with E-state index in [9.17, 15) is 9.59 Å². The molecule has 0 aromatic heterocycles. The summed E-state index contributed by atoms with van der Waals surface area (Å²) in [4.78, 5) is 21.8. The van der Waals surface area contributed by atoms with Crippen LogP contribution < -0.4 is 11.2 Å². The standard InChI is InChI=1S/C17H15N5O4/c18-17(21-19-9-11-3-1-5-13(7-11)15(23)24)22-20-10-12-4-2-6-14(8-12)16(25)26/h1-10H,(H,23,24)(H,25,26)(H3,18,21,22). The van der Waals surface area contributed by atoms with Gasteiger partial charge >= 0.3 is 11.9 Å². The summed E-state index contributed by atoms with van der Waals surface area (Å²) in [5, 5.41) is 29.1. The van der Waals surface area contributed by atoms with E-state index in [1.54, 1.807) is 24.3 Å². The summed E-state index contributed by atoms with van der Waals surface area (Å²) in [6, 6.07) is 12.4. The van der Waals surface area contributed by atoms with E-state index in [0.717, 1.165) is 0 Å². The van der Waals surface area contributed by atoms with E-state index in [0.29, 0.717) is 11.1 Å². The van der Waals surface area contributed by atoms with Crippen molar-refractivity contribution in [1.29, 1.82) is 0 Å². The number of nitrogens with zero attached hydrogens (tertiary/aromatic N) is 3. The Kier molecular flexibility index (Phi) is 6.16. The highest BCUT2D eigenvalue weighted by Crippen LogP contribution is 2.04.